The zero-order valence-corrected chi connectivity index (χ0v) is 17.3. The molecule has 0 unspecified atom stereocenters. The number of benzene rings is 2. The van der Waals surface area contributed by atoms with E-state index in [-0.39, 0.29) is 16.6 Å². The fraction of sp³-hybridized carbons (Fsp3) is 0.381. The number of hydrogen-bond donors (Lipinski definition) is 1. The van der Waals surface area contributed by atoms with E-state index in [1.165, 1.54) is 13.1 Å². The molecule has 1 fully saturated rings. The van der Waals surface area contributed by atoms with Crippen LogP contribution in [-0.4, -0.2) is 57.4 Å². The summed E-state index contributed by atoms with van der Waals surface area (Å²) < 4.78 is 39.6. The van der Waals surface area contributed by atoms with Gasteiger partial charge in [-0.05, 0) is 37.2 Å². The fourth-order valence-electron chi connectivity index (χ4n) is 3.39. The van der Waals surface area contributed by atoms with Crippen LogP contribution in [0.15, 0.2) is 53.4 Å². The minimum Gasteiger partial charge on any atom is -0.340 e. The Morgan fingerprint density at radius 1 is 1.03 bits per heavy atom. The number of hydrogen-bond acceptors (Lipinski definition) is 4. The Bertz CT molecular complexity index is 940. The van der Waals surface area contributed by atoms with E-state index in [1.807, 2.05) is 11.0 Å². The van der Waals surface area contributed by atoms with E-state index in [0.29, 0.717) is 38.0 Å². The number of carbonyl (C=O) groups excluding carboxylic acids is 1. The molecule has 0 radical (unpaired) electrons. The molecule has 2 aromatic rings. The van der Waals surface area contributed by atoms with Gasteiger partial charge in [-0.3, -0.25) is 9.69 Å². The number of nitrogens with one attached hydrogen (secondary N) is 1. The van der Waals surface area contributed by atoms with Crippen LogP contribution in [-0.2, 0) is 27.8 Å². The molecule has 29 heavy (non-hydrogen) atoms. The summed E-state index contributed by atoms with van der Waals surface area (Å²) in [4.78, 5) is 16.7. The van der Waals surface area contributed by atoms with Crippen LogP contribution in [0.1, 0.15) is 17.5 Å². The van der Waals surface area contributed by atoms with Gasteiger partial charge in [0.15, 0.2) is 0 Å². The predicted octanol–water partition coefficient (Wildman–Crippen LogP) is 2.01. The van der Waals surface area contributed by atoms with Gasteiger partial charge < -0.3 is 4.90 Å². The highest BCUT2D eigenvalue weighted by Crippen LogP contribution is 2.14. The maximum absolute atomic E-state index is 13.8. The van der Waals surface area contributed by atoms with Gasteiger partial charge >= 0.3 is 0 Å². The number of aryl methyl sites for hydroxylation is 1. The van der Waals surface area contributed by atoms with Crippen molar-refractivity contribution in [3.8, 4) is 0 Å². The second-order valence-electron chi connectivity index (χ2n) is 7.10. The zero-order chi connectivity index (χ0) is 20.9. The molecule has 1 heterocycles. The summed E-state index contributed by atoms with van der Waals surface area (Å²) in [5, 5.41) is 0. The largest absolute Gasteiger partial charge is 0.340 e. The van der Waals surface area contributed by atoms with Gasteiger partial charge in [-0.1, -0.05) is 30.3 Å². The molecule has 156 valence electrons. The van der Waals surface area contributed by atoms with Crippen LogP contribution in [0.4, 0.5) is 4.39 Å². The summed E-state index contributed by atoms with van der Waals surface area (Å²) in [6.45, 7) is 3.25. The fourth-order valence-corrected chi connectivity index (χ4v) is 4.12. The topological polar surface area (TPSA) is 69.7 Å². The third-order valence-corrected chi connectivity index (χ3v) is 6.64. The van der Waals surface area contributed by atoms with Crippen LogP contribution < -0.4 is 4.72 Å². The second kappa shape index (κ2) is 9.47. The number of sulfonamides is 1. The number of rotatable bonds is 7. The van der Waals surface area contributed by atoms with E-state index in [4.69, 9.17) is 0 Å². The van der Waals surface area contributed by atoms with Crippen molar-refractivity contribution in [3.63, 3.8) is 0 Å². The van der Waals surface area contributed by atoms with E-state index < -0.39 is 10.0 Å². The molecule has 6 nitrogen and oxygen atoms in total. The monoisotopic (exact) mass is 419 g/mol. The van der Waals surface area contributed by atoms with Crippen molar-refractivity contribution in [1.29, 1.82) is 0 Å². The molecule has 0 aromatic heterocycles. The van der Waals surface area contributed by atoms with Crippen molar-refractivity contribution in [2.24, 2.45) is 0 Å². The molecule has 0 atom stereocenters. The Morgan fingerprint density at radius 3 is 2.31 bits per heavy atom. The van der Waals surface area contributed by atoms with E-state index in [0.717, 1.165) is 18.7 Å². The Labute approximate surface area is 171 Å². The Balaban J connectivity index is 1.46. The molecule has 8 heteroatoms. The molecule has 0 bridgehead atoms. The molecular formula is C21H26FN3O3S. The van der Waals surface area contributed by atoms with Crippen LogP contribution in [0, 0.1) is 5.82 Å². The SMILES string of the molecule is CNS(=O)(=O)c1ccc(CCC(=O)N2CCN(Cc3ccccc3F)CC2)cc1. The smallest absolute Gasteiger partial charge is 0.240 e. The molecular weight excluding hydrogens is 393 g/mol. The lowest BCUT2D eigenvalue weighted by atomic mass is 10.1. The molecule has 1 saturated heterocycles. The molecule has 0 spiro atoms. The zero-order valence-electron chi connectivity index (χ0n) is 16.5. The first-order valence-corrected chi connectivity index (χ1v) is 11.1. The average molecular weight is 420 g/mol. The van der Waals surface area contributed by atoms with E-state index in [9.17, 15) is 17.6 Å². The maximum atomic E-state index is 13.8. The van der Waals surface area contributed by atoms with Crippen molar-refractivity contribution >= 4 is 15.9 Å². The van der Waals surface area contributed by atoms with Crippen molar-refractivity contribution in [1.82, 2.24) is 14.5 Å². The van der Waals surface area contributed by atoms with Crippen molar-refractivity contribution in [2.45, 2.75) is 24.3 Å². The van der Waals surface area contributed by atoms with Crippen molar-refractivity contribution < 1.29 is 17.6 Å². The first kappa shape index (κ1) is 21.4. The predicted molar refractivity (Wildman–Crippen MR) is 109 cm³/mol. The van der Waals surface area contributed by atoms with Crippen LogP contribution >= 0.6 is 0 Å². The summed E-state index contributed by atoms with van der Waals surface area (Å²) in [5.74, 6) is -0.109. The minimum atomic E-state index is -3.45. The molecule has 2 aromatic carbocycles. The number of amides is 1. The lowest BCUT2D eigenvalue weighted by molar-refractivity contribution is -0.133. The van der Waals surface area contributed by atoms with E-state index >= 15 is 0 Å². The maximum Gasteiger partial charge on any atom is 0.240 e. The number of piperazine rings is 1. The van der Waals surface area contributed by atoms with Gasteiger partial charge in [0.05, 0.1) is 4.90 Å². The average Bonchev–Trinajstić information content (AvgIpc) is 2.74. The van der Waals surface area contributed by atoms with Gasteiger partial charge in [-0.2, -0.15) is 0 Å². The highest BCUT2D eigenvalue weighted by molar-refractivity contribution is 7.89. The normalized spacial score (nSPS) is 15.4. The van der Waals surface area contributed by atoms with E-state index in [1.54, 1.807) is 36.4 Å². The Kier molecular flexibility index (Phi) is 7.00. The molecule has 3 rings (SSSR count). The van der Waals surface area contributed by atoms with Crippen LogP contribution in [0.25, 0.3) is 0 Å². The van der Waals surface area contributed by atoms with Gasteiger partial charge in [0.1, 0.15) is 5.82 Å². The quantitative estimate of drug-likeness (QED) is 0.746. The Morgan fingerprint density at radius 2 is 1.69 bits per heavy atom. The summed E-state index contributed by atoms with van der Waals surface area (Å²) in [7, 11) is -2.07. The summed E-state index contributed by atoms with van der Waals surface area (Å²) in [5.41, 5.74) is 1.60. The van der Waals surface area contributed by atoms with Crippen LogP contribution in [0.5, 0.6) is 0 Å². The molecule has 1 N–H and O–H groups in total. The first-order valence-electron chi connectivity index (χ1n) is 9.65. The highest BCUT2D eigenvalue weighted by Gasteiger charge is 2.21. The van der Waals surface area contributed by atoms with Gasteiger partial charge in [0.25, 0.3) is 0 Å². The van der Waals surface area contributed by atoms with Crippen molar-refractivity contribution in [2.75, 3.05) is 33.2 Å². The van der Waals surface area contributed by atoms with Crippen LogP contribution in [0.3, 0.4) is 0 Å². The van der Waals surface area contributed by atoms with E-state index in [2.05, 4.69) is 9.62 Å². The second-order valence-corrected chi connectivity index (χ2v) is 8.99. The van der Waals surface area contributed by atoms with Gasteiger partial charge in [-0.25, -0.2) is 17.5 Å². The molecule has 1 aliphatic rings. The summed E-state index contributed by atoms with van der Waals surface area (Å²) in [6.07, 6.45) is 0.944. The summed E-state index contributed by atoms with van der Waals surface area (Å²) >= 11 is 0. The molecule has 1 amide bonds. The third-order valence-electron chi connectivity index (χ3n) is 5.21. The number of carbonyl (C=O) groups is 1. The minimum absolute atomic E-state index is 0.0856. The Hall–Kier alpha value is -2.29. The number of halogens is 1. The van der Waals surface area contributed by atoms with Crippen molar-refractivity contribution in [3.05, 3.63) is 65.5 Å². The van der Waals surface area contributed by atoms with Gasteiger partial charge in [0.2, 0.25) is 15.9 Å². The molecule has 1 aliphatic heterocycles. The first-order chi connectivity index (χ1) is 13.9. The lowest BCUT2D eigenvalue weighted by Crippen LogP contribution is -2.48. The molecule has 0 saturated carbocycles. The third kappa shape index (κ3) is 5.62. The van der Waals surface area contributed by atoms with Crippen LogP contribution in [0.2, 0.25) is 0 Å². The number of nitrogens with zero attached hydrogens (tertiary/aromatic N) is 2. The standard InChI is InChI=1S/C21H26FN3O3S/c1-23-29(27,28)19-9-6-17(7-10-19)8-11-21(26)25-14-12-24(13-15-25)16-18-4-2-3-5-20(18)22/h2-7,9-10,23H,8,11-16H2,1H3. The molecule has 0 aliphatic carbocycles. The summed E-state index contributed by atoms with van der Waals surface area (Å²) in [6, 6.07) is 13.4. The lowest BCUT2D eigenvalue weighted by Gasteiger charge is -2.35. The van der Waals surface area contributed by atoms with Gasteiger partial charge in [0, 0.05) is 44.7 Å². The highest BCUT2D eigenvalue weighted by atomic mass is 32.2. The van der Waals surface area contributed by atoms with Gasteiger partial charge in [-0.15, -0.1) is 0 Å².